The number of methoxy groups -OCH3 is 2. The largest absolute Gasteiger partial charge is 0.497 e. The molecule has 1 fully saturated rings. The molecule has 0 bridgehead atoms. The lowest BCUT2D eigenvalue weighted by Gasteiger charge is -2.21. The highest BCUT2D eigenvalue weighted by Gasteiger charge is 2.54. The second-order valence-corrected chi connectivity index (χ2v) is 7.23. The molecule has 0 spiro atoms. The van der Waals surface area contributed by atoms with Crippen molar-refractivity contribution in [3.8, 4) is 11.5 Å². The van der Waals surface area contributed by atoms with Gasteiger partial charge >= 0.3 is 0 Å². The van der Waals surface area contributed by atoms with E-state index >= 15 is 0 Å². The van der Waals surface area contributed by atoms with Crippen molar-refractivity contribution < 1.29 is 19.1 Å². The molecule has 2 atom stereocenters. The zero-order valence-electron chi connectivity index (χ0n) is 15.2. The first-order chi connectivity index (χ1) is 13.5. The normalized spacial score (nSPS) is 20.7. The fourth-order valence-corrected chi connectivity index (χ4v) is 3.92. The molecule has 2 amide bonds. The van der Waals surface area contributed by atoms with E-state index in [0.29, 0.717) is 23.7 Å². The van der Waals surface area contributed by atoms with Crippen LogP contribution in [-0.2, 0) is 16.1 Å². The Kier molecular flexibility index (Phi) is 4.76. The van der Waals surface area contributed by atoms with Gasteiger partial charge in [0, 0.05) is 0 Å². The minimum Gasteiger partial charge on any atom is -0.497 e. The number of nitrogens with zero attached hydrogens (tertiary/aromatic N) is 4. The number of carbonyl (C=O) groups excluding carboxylic acids is 2. The van der Waals surface area contributed by atoms with Gasteiger partial charge in [-0.2, -0.15) is 5.11 Å². The van der Waals surface area contributed by atoms with Gasteiger partial charge in [0.1, 0.15) is 11.5 Å². The Labute approximate surface area is 169 Å². The lowest BCUT2D eigenvalue weighted by atomic mass is 10.1. The van der Waals surface area contributed by atoms with Crippen molar-refractivity contribution in [2.24, 2.45) is 10.3 Å². The van der Waals surface area contributed by atoms with Gasteiger partial charge in [0.25, 0.3) is 11.8 Å². The van der Waals surface area contributed by atoms with Crippen molar-refractivity contribution in [2.75, 3.05) is 19.1 Å². The molecular weight excluding hydrogens is 428 g/mol. The molecule has 0 saturated carbocycles. The summed E-state index contributed by atoms with van der Waals surface area (Å²) in [5, 5.41) is 9.68. The van der Waals surface area contributed by atoms with Crippen molar-refractivity contribution >= 4 is 33.4 Å². The maximum atomic E-state index is 13.0. The molecule has 0 aliphatic carbocycles. The molecular formula is C19H17BrN4O4. The summed E-state index contributed by atoms with van der Waals surface area (Å²) in [6.45, 7) is 0.350. The summed E-state index contributed by atoms with van der Waals surface area (Å²) in [4.78, 5) is 26.9. The van der Waals surface area contributed by atoms with Crippen molar-refractivity contribution in [2.45, 2.75) is 18.6 Å². The van der Waals surface area contributed by atoms with Gasteiger partial charge in [0.15, 0.2) is 12.1 Å². The van der Waals surface area contributed by atoms with E-state index < -0.39 is 12.1 Å². The smallest absolute Gasteiger partial charge is 0.263 e. The molecule has 2 aliphatic rings. The Morgan fingerprint density at radius 1 is 1.04 bits per heavy atom. The van der Waals surface area contributed by atoms with Gasteiger partial charge in [-0.05, 0) is 57.9 Å². The number of hydrogen-bond donors (Lipinski definition) is 0. The van der Waals surface area contributed by atoms with Crippen LogP contribution in [0.15, 0.2) is 57.3 Å². The number of rotatable bonds is 5. The van der Waals surface area contributed by atoms with E-state index in [1.165, 1.54) is 4.90 Å². The highest BCUT2D eigenvalue weighted by atomic mass is 79.9. The van der Waals surface area contributed by atoms with Crippen LogP contribution >= 0.6 is 15.9 Å². The highest BCUT2D eigenvalue weighted by Crippen LogP contribution is 2.34. The van der Waals surface area contributed by atoms with Crippen LogP contribution in [0.5, 0.6) is 11.5 Å². The number of amides is 2. The first kappa shape index (κ1) is 18.4. The summed E-state index contributed by atoms with van der Waals surface area (Å²) in [5.74, 6) is 0.650. The number of carbonyl (C=O) groups is 2. The SMILES string of the molecule is COc1ccc(N2C(=O)[C@@H]3[C@@H](N=NN3Cc3ccc(OC)c(Br)c3)C2=O)cc1. The summed E-state index contributed by atoms with van der Waals surface area (Å²) in [6, 6.07) is 10.8. The van der Waals surface area contributed by atoms with Gasteiger partial charge in [-0.1, -0.05) is 11.3 Å². The third-order valence-electron chi connectivity index (χ3n) is 4.75. The Bertz CT molecular complexity index is 963. The molecule has 2 aromatic carbocycles. The standard InChI is InChI=1S/C19H17BrN4O4/c1-27-13-6-4-12(5-7-13)24-18(25)16-17(19(24)26)23(22-21-16)10-11-3-8-15(28-2)14(20)9-11/h3-9,16-17H,10H2,1-2H3/t16-,17+/m1/s1. The van der Waals surface area contributed by atoms with E-state index in [2.05, 4.69) is 26.3 Å². The first-order valence-electron chi connectivity index (χ1n) is 8.55. The lowest BCUT2D eigenvalue weighted by Crippen LogP contribution is -2.39. The van der Waals surface area contributed by atoms with Gasteiger partial charge in [0.05, 0.1) is 30.9 Å². The van der Waals surface area contributed by atoms with E-state index in [-0.39, 0.29) is 11.8 Å². The van der Waals surface area contributed by atoms with Crippen LogP contribution in [0.3, 0.4) is 0 Å². The molecule has 4 rings (SSSR count). The summed E-state index contributed by atoms with van der Waals surface area (Å²) >= 11 is 3.45. The van der Waals surface area contributed by atoms with Gasteiger partial charge < -0.3 is 9.47 Å². The summed E-state index contributed by atoms with van der Waals surface area (Å²) in [7, 11) is 3.15. The molecule has 0 N–H and O–H groups in total. The fourth-order valence-electron chi connectivity index (χ4n) is 3.33. The maximum absolute atomic E-state index is 13.0. The molecule has 2 heterocycles. The van der Waals surface area contributed by atoms with E-state index in [4.69, 9.17) is 9.47 Å². The van der Waals surface area contributed by atoms with Crippen LogP contribution in [0.2, 0.25) is 0 Å². The minimum atomic E-state index is -0.823. The van der Waals surface area contributed by atoms with Crippen molar-refractivity contribution in [1.82, 2.24) is 5.01 Å². The number of imide groups is 1. The topological polar surface area (TPSA) is 83.8 Å². The number of halogens is 1. The molecule has 0 unspecified atom stereocenters. The van der Waals surface area contributed by atoms with Gasteiger partial charge in [0.2, 0.25) is 0 Å². The quantitative estimate of drug-likeness (QED) is 0.661. The number of ether oxygens (including phenoxy) is 2. The predicted octanol–water partition coefficient (Wildman–Crippen LogP) is 2.96. The zero-order valence-corrected chi connectivity index (χ0v) is 16.8. The molecule has 2 aromatic rings. The minimum absolute atomic E-state index is 0.335. The second-order valence-electron chi connectivity index (χ2n) is 6.37. The van der Waals surface area contributed by atoms with Crippen LogP contribution in [0.4, 0.5) is 5.69 Å². The zero-order chi connectivity index (χ0) is 19.8. The molecule has 8 nitrogen and oxygen atoms in total. The fraction of sp³-hybridized carbons (Fsp3) is 0.263. The monoisotopic (exact) mass is 444 g/mol. The predicted molar refractivity (Wildman–Crippen MR) is 104 cm³/mol. The molecule has 1 saturated heterocycles. The van der Waals surface area contributed by atoms with Crippen LogP contribution in [-0.4, -0.2) is 43.1 Å². The Balaban J connectivity index is 1.56. The molecule has 144 valence electrons. The van der Waals surface area contributed by atoms with Gasteiger partial charge in [-0.25, -0.2) is 4.90 Å². The third-order valence-corrected chi connectivity index (χ3v) is 5.37. The van der Waals surface area contributed by atoms with E-state index in [9.17, 15) is 9.59 Å². The highest BCUT2D eigenvalue weighted by molar-refractivity contribution is 9.10. The van der Waals surface area contributed by atoms with Gasteiger partial charge in [-0.3, -0.25) is 14.6 Å². The Morgan fingerprint density at radius 2 is 1.79 bits per heavy atom. The average molecular weight is 445 g/mol. The molecule has 28 heavy (non-hydrogen) atoms. The second kappa shape index (κ2) is 7.23. The van der Waals surface area contributed by atoms with Crippen molar-refractivity contribution in [3.05, 3.63) is 52.5 Å². The van der Waals surface area contributed by atoms with Crippen molar-refractivity contribution in [1.29, 1.82) is 0 Å². The van der Waals surface area contributed by atoms with Crippen LogP contribution in [0.1, 0.15) is 5.56 Å². The first-order valence-corrected chi connectivity index (χ1v) is 9.34. The van der Waals surface area contributed by atoms with Crippen LogP contribution < -0.4 is 14.4 Å². The maximum Gasteiger partial charge on any atom is 0.263 e. The Hall–Kier alpha value is -2.94. The molecule has 2 aliphatic heterocycles. The van der Waals surface area contributed by atoms with E-state index in [1.54, 1.807) is 43.5 Å². The van der Waals surface area contributed by atoms with Crippen molar-refractivity contribution in [3.63, 3.8) is 0 Å². The lowest BCUT2D eigenvalue weighted by molar-refractivity contribution is -0.123. The van der Waals surface area contributed by atoms with Gasteiger partial charge in [-0.15, -0.1) is 0 Å². The van der Waals surface area contributed by atoms with Crippen LogP contribution in [0, 0.1) is 0 Å². The number of fused-ring (bicyclic) bond motifs is 1. The van der Waals surface area contributed by atoms with E-state index in [1.807, 2.05) is 18.2 Å². The van der Waals surface area contributed by atoms with E-state index in [0.717, 1.165) is 10.0 Å². The Morgan fingerprint density at radius 3 is 2.43 bits per heavy atom. The average Bonchev–Trinajstić information content (AvgIpc) is 3.22. The molecule has 0 radical (unpaired) electrons. The number of hydrogen-bond acceptors (Lipinski definition) is 7. The van der Waals surface area contributed by atoms with Crippen LogP contribution in [0.25, 0.3) is 0 Å². The number of benzene rings is 2. The number of anilines is 1. The summed E-state index contributed by atoms with van der Waals surface area (Å²) in [5.41, 5.74) is 1.41. The summed E-state index contributed by atoms with van der Waals surface area (Å²) in [6.07, 6.45) is 0. The third kappa shape index (κ3) is 3.01. The molecule has 0 aromatic heterocycles. The molecule has 9 heteroatoms. The summed E-state index contributed by atoms with van der Waals surface area (Å²) < 4.78 is 11.2.